The Labute approximate surface area is 151 Å². The van der Waals surface area contributed by atoms with Crippen LogP contribution < -0.4 is 0 Å². The second-order valence-electron chi connectivity index (χ2n) is 5.44. The molecule has 0 unspecified atom stereocenters. The topological polar surface area (TPSA) is 22.2 Å². The van der Waals surface area contributed by atoms with Gasteiger partial charge in [-0.25, -0.2) is 9.83 Å². The highest BCUT2D eigenvalue weighted by Crippen LogP contribution is 2.31. The maximum absolute atomic E-state index is 12.9. The second-order valence-corrected chi connectivity index (χ2v) is 6.25. The van der Waals surface area contributed by atoms with Crippen LogP contribution in [-0.2, 0) is 13.0 Å². The molecule has 0 aliphatic heterocycles. The third-order valence-electron chi connectivity index (χ3n) is 3.63. The van der Waals surface area contributed by atoms with Gasteiger partial charge in [-0.15, -0.1) is 0 Å². The largest absolute Gasteiger partial charge is 0.396 e. The zero-order chi connectivity index (χ0) is 18.2. The van der Waals surface area contributed by atoms with Crippen molar-refractivity contribution in [3.63, 3.8) is 0 Å². The van der Waals surface area contributed by atoms with Crippen molar-refractivity contribution in [2.45, 2.75) is 19.1 Å². The first-order valence-electron chi connectivity index (χ1n) is 7.14. The summed E-state index contributed by atoms with van der Waals surface area (Å²) in [6.45, 7) is 7.13. The molecule has 128 valence electrons. The van der Waals surface area contributed by atoms with Crippen LogP contribution in [0.1, 0.15) is 11.4 Å². The minimum absolute atomic E-state index is 0.116. The zero-order valence-electron chi connectivity index (χ0n) is 12.6. The molecule has 0 saturated carbocycles. The number of hydrogen-bond donors (Lipinski definition) is 0. The molecule has 0 radical (unpaired) electrons. The minimum Gasteiger partial charge on any atom is -0.323 e. The molecule has 0 amide bonds. The fourth-order valence-corrected chi connectivity index (χ4v) is 2.83. The fourth-order valence-electron chi connectivity index (χ4n) is 2.52. The molecule has 0 spiro atoms. The molecular weight excluding hydrogens is 374 g/mol. The normalized spacial score (nSPS) is 11.7. The van der Waals surface area contributed by atoms with E-state index in [4.69, 9.17) is 29.8 Å². The summed E-state index contributed by atoms with van der Waals surface area (Å²) in [7, 11) is 0. The molecule has 0 bridgehead atoms. The van der Waals surface area contributed by atoms with E-state index in [1.165, 1.54) is 16.7 Å². The molecular formula is C17H10Cl2F3N3. The Morgan fingerprint density at radius 1 is 1.08 bits per heavy atom. The Morgan fingerprint density at radius 2 is 1.72 bits per heavy atom. The van der Waals surface area contributed by atoms with Gasteiger partial charge in [0.2, 0.25) is 0 Å². The van der Waals surface area contributed by atoms with Gasteiger partial charge in [0, 0.05) is 6.54 Å². The maximum atomic E-state index is 12.9. The third kappa shape index (κ3) is 3.89. The lowest BCUT2D eigenvalue weighted by atomic mass is 10.2. The summed E-state index contributed by atoms with van der Waals surface area (Å²) in [4.78, 5) is 7.38. The number of rotatable bonds is 3. The summed E-state index contributed by atoms with van der Waals surface area (Å²) >= 11 is 12.0. The highest BCUT2D eigenvalue weighted by atomic mass is 35.5. The number of alkyl halides is 3. The van der Waals surface area contributed by atoms with E-state index in [9.17, 15) is 13.2 Å². The number of halogens is 5. The predicted octanol–water partition coefficient (Wildman–Crippen LogP) is 6.05. The lowest BCUT2D eigenvalue weighted by Gasteiger charge is -2.11. The van der Waals surface area contributed by atoms with E-state index in [1.807, 2.05) is 0 Å². The van der Waals surface area contributed by atoms with Gasteiger partial charge in [0.1, 0.15) is 12.2 Å². The van der Waals surface area contributed by atoms with E-state index in [0.717, 1.165) is 5.56 Å². The molecule has 0 fully saturated rings. The van der Waals surface area contributed by atoms with Crippen LogP contribution in [0, 0.1) is 6.57 Å². The SMILES string of the molecule is [C-]#[N+]c1ccc(Cn2c(CC(F)(F)F)nc3cc(Cl)c(Cl)cc32)cc1. The minimum atomic E-state index is -4.39. The van der Waals surface area contributed by atoms with Gasteiger partial charge in [-0.1, -0.05) is 47.5 Å². The summed E-state index contributed by atoms with van der Waals surface area (Å²) < 4.78 is 40.2. The summed E-state index contributed by atoms with van der Waals surface area (Å²) in [6, 6.07) is 9.61. The molecule has 3 rings (SSSR count). The van der Waals surface area contributed by atoms with Crippen molar-refractivity contribution in [3.8, 4) is 0 Å². The fraction of sp³-hybridized carbons (Fsp3) is 0.176. The van der Waals surface area contributed by atoms with Gasteiger partial charge in [-0.05, 0) is 17.7 Å². The van der Waals surface area contributed by atoms with Crippen molar-refractivity contribution >= 4 is 39.9 Å². The average Bonchev–Trinajstić information content (AvgIpc) is 2.83. The van der Waals surface area contributed by atoms with Gasteiger partial charge >= 0.3 is 6.18 Å². The Balaban J connectivity index is 2.10. The van der Waals surface area contributed by atoms with Crippen molar-refractivity contribution in [3.05, 3.63) is 69.2 Å². The van der Waals surface area contributed by atoms with Gasteiger partial charge in [0.15, 0.2) is 5.69 Å². The average molecular weight is 384 g/mol. The van der Waals surface area contributed by atoms with Crippen LogP contribution in [0.25, 0.3) is 15.9 Å². The van der Waals surface area contributed by atoms with Crippen molar-refractivity contribution in [1.82, 2.24) is 9.55 Å². The van der Waals surface area contributed by atoms with Crippen LogP contribution >= 0.6 is 23.2 Å². The summed E-state index contributed by atoms with van der Waals surface area (Å²) in [5.74, 6) is -0.116. The number of hydrogen-bond acceptors (Lipinski definition) is 1. The smallest absolute Gasteiger partial charge is 0.323 e. The van der Waals surface area contributed by atoms with Crippen LogP contribution in [0.2, 0.25) is 10.0 Å². The summed E-state index contributed by atoms with van der Waals surface area (Å²) in [5, 5.41) is 0.482. The van der Waals surface area contributed by atoms with Crippen LogP contribution in [0.3, 0.4) is 0 Å². The monoisotopic (exact) mass is 383 g/mol. The maximum Gasteiger partial charge on any atom is 0.396 e. The van der Waals surface area contributed by atoms with Gasteiger partial charge in [-0.2, -0.15) is 13.2 Å². The van der Waals surface area contributed by atoms with E-state index in [-0.39, 0.29) is 22.4 Å². The first kappa shape index (κ1) is 17.6. The number of aromatic nitrogens is 2. The summed E-state index contributed by atoms with van der Waals surface area (Å²) in [6.07, 6.45) is -5.54. The number of imidazole rings is 1. The standard InChI is InChI=1S/C17H10Cl2F3N3/c1-23-11-4-2-10(3-5-11)9-25-15-7-13(19)12(18)6-14(15)24-16(25)8-17(20,21)22/h2-7H,8-9H2. The molecule has 1 aromatic heterocycles. The van der Waals surface area contributed by atoms with Gasteiger partial charge in [0.25, 0.3) is 0 Å². The lowest BCUT2D eigenvalue weighted by molar-refractivity contribution is -0.128. The van der Waals surface area contributed by atoms with E-state index < -0.39 is 12.6 Å². The van der Waals surface area contributed by atoms with Crippen LogP contribution in [0.15, 0.2) is 36.4 Å². The van der Waals surface area contributed by atoms with E-state index in [2.05, 4.69) is 9.83 Å². The number of nitrogens with zero attached hydrogens (tertiary/aromatic N) is 3. The lowest BCUT2D eigenvalue weighted by Crippen LogP contribution is -2.16. The zero-order valence-corrected chi connectivity index (χ0v) is 14.1. The third-order valence-corrected chi connectivity index (χ3v) is 4.36. The molecule has 1 heterocycles. The molecule has 0 atom stereocenters. The Morgan fingerprint density at radius 3 is 2.32 bits per heavy atom. The van der Waals surface area contributed by atoms with Gasteiger partial charge in [-0.3, -0.25) is 0 Å². The number of benzene rings is 2. The summed E-state index contributed by atoms with van der Waals surface area (Å²) in [5.41, 5.74) is 2.04. The van der Waals surface area contributed by atoms with Crippen LogP contribution in [0.5, 0.6) is 0 Å². The molecule has 3 nitrogen and oxygen atoms in total. The van der Waals surface area contributed by atoms with Gasteiger partial charge in [0.05, 0.1) is 27.7 Å². The van der Waals surface area contributed by atoms with E-state index in [0.29, 0.717) is 16.7 Å². The first-order valence-corrected chi connectivity index (χ1v) is 7.90. The van der Waals surface area contributed by atoms with E-state index in [1.54, 1.807) is 24.3 Å². The van der Waals surface area contributed by atoms with Crippen molar-refractivity contribution in [2.75, 3.05) is 0 Å². The van der Waals surface area contributed by atoms with Crippen molar-refractivity contribution in [2.24, 2.45) is 0 Å². The first-order chi connectivity index (χ1) is 11.8. The molecule has 0 saturated heterocycles. The highest BCUT2D eigenvalue weighted by molar-refractivity contribution is 6.42. The van der Waals surface area contributed by atoms with E-state index >= 15 is 0 Å². The Bertz CT molecular complexity index is 970. The Kier molecular flexibility index (Phi) is 4.63. The van der Waals surface area contributed by atoms with Crippen molar-refractivity contribution < 1.29 is 13.2 Å². The van der Waals surface area contributed by atoms with Crippen molar-refractivity contribution in [1.29, 1.82) is 0 Å². The Hall–Kier alpha value is -2.23. The van der Waals surface area contributed by atoms with Crippen LogP contribution in [0.4, 0.5) is 18.9 Å². The quantitative estimate of drug-likeness (QED) is 0.504. The van der Waals surface area contributed by atoms with Crippen LogP contribution in [-0.4, -0.2) is 15.7 Å². The molecule has 0 aliphatic carbocycles. The molecule has 2 aromatic carbocycles. The molecule has 0 aliphatic rings. The molecule has 3 aromatic rings. The highest BCUT2D eigenvalue weighted by Gasteiger charge is 2.31. The molecule has 0 N–H and O–H groups in total. The molecule has 25 heavy (non-hydrogen) atoms. The second kappa shape index (κ2) is 6.58. The number of fused-ring (bicyclic) bond motifs is 1. The van der Waals surface area contributed by atoms with Gasteiger partial charge < -0.3 is 4.57 Å². The predicted molar refractivity (Wildman–Crippen MR) is 91.3 cm³/mol. The molecule has 8 heteroatoms.